The van der Waals surface area contributed by atoms with Crippen LogP contribution in [0, 0.1) is 5.92 Å². The van der Waals surface area contributed by atoms with E-state index in [4.69, 9.17) is 20.8 Å². The molecule has 190 valence electrons. The predicted molar refractivity (Wildman–Crippen MR) is 120 cm³/mol. The van der Waals surface area contributed by atoms with E-state index in [1.54, 1.807) is 13.0 Å². The number of hydrogen-bond acceptors (Lipinski definition) is 8. The summed E-state index contributed by atoms with van der Waals surface area (Å²) in [5.74, 6) is -4.38. The van der Waals surface area contributed by atoms with Crippen LogP contribution in [0.25, 0.3) is 11.5 Å². The summed E-state index contributed by atoms with van der Waals surface area (Å²) in [6, 6.07) is 9.85. The van der Waals surface area contributed by atoms with Gasteiger partial charge < -0.3 is 19.2 Å². The van der Waals surface area contributed by atoms with Crippen LogP contribution in [-0.2, 0) is 20.5 Å². The first kappa shape index (κ1) is 26.7. The fourth-order valence-electron chi connectivity index (χ4n) is 3.07. The Morgan fingerprint density at radius 1 is 1.08 bits per heavy atom. The van der Waals surface area contributed by atoms with E-state index in [1.165, 1.54) is 43.5 Å². The van der Waals surface area contributed by atoms with Gasteiger partial charge in [0.05, 0.1) is 23.9 Å². The zero-order valence-corrected chi connectivity index (χ0v) is 19.6. The van der Waals surface area contributed by atoms with Crippen molar-refractivity contribution in [3.63, 3.8) is 0 Å². The number of carbonyl (C=O) groups is 3. The van der Waals surface area contributed by atoms with Gasteiger partial charge in [0.15, 0.2) is 0 Å². The molecule has 0 aliphatic rings. The quantitative estimate of drug-likeness (QED) is 0.316. The number of nitrogens with one attached hydrogen (secondary N) is 1. The van der Waals surface area contributed by atoms with Gasteiger partial charge in [0.25, 0.3) is 5.91 Å². The molecule has 3 rings (SSSR count). The molecule has 0 saturated carbocycles. The van der Waals surface area contributed by atoms with E-state index in [0.717, 1.165) is 0 Å². The number of nitrogens with zero attached hydrogens (tertiary/aromatic N) is 2. The van der Waals surface area contributed by atoms with Gasteiger partial charge in [-0.3, -0.25) is 14.4 Å². The van der Waals surface area contributed by atoms with E-state index >= 15 is 0 Å². The zero-order chi connectivity index (χ0) is 26.5. The highest BCUT2D eigenvalue weighted by atomic mass is 35.5. The highest BCUT2D eigenvalue weighted by Crippen LogP contribution is 2.34. The van der Waals surface area contributed by atoms with Gasteiger partial charge in [0.2, 0.25) is 5.89 Å². The summed E-state index contributed by atoms with van der Waals surface area (Å²) in [6.07, 6.45) is -4.95. The Hall–Kier alpha value is -3.93. The highest BCUT2D eigenvalue weighted by molar-refractivity contribution is 6.31. The summed E-state index contributed by atoms with van der Waals surface area (Å²) < 4.78 is 53.2. The highest BCUT2D eigenvalue weighted by Gasteiger charge is 2.38. The molecule has 1 unspecified atom stereocenters. The third kappa shape index (κ3) is 6.81. The summed E-state index contributed by atoms with van der Waals surface area (Å²) in [5.41, 5.74) is -0.0616. The Kier molecular flexibility index (Phi) is 8.30. The van der Waals surface area contributed by atoms with Crippen LogP contribution in [0.3, 0.4) is 0 Å². The Morgan fingerprint density at radius 2 is 1.78 bits per heavy atom. The third-order valence-electron chi connectivity index (χ3n) is 4.74. The minimum Gasteiger partial charge on any atom is -0.469 e. The van der Waals surface area contributed by atoms with E-state index in [-0.39, 0.29) is 46.3 Å². The van der Waals surface area contributed by atoms with E-state index in [0.29, 0.717) is 0 Å². The van der Waals surface area contributed by atoms with Crippen LogP contribution < -0.4 is 10.1 Å². The van der Waals surface area contributed by atoms with Crippen molar-refractivity contribution in [2.24, 2.45) is 5.92 Å². The molecular formula is C23H19ClF3N3O6. The molecule has 0 radical (unpaired) electrons. The van der Waals surface area contributed by atoms with E-state index in [2.05, 4.69) is 20.3 Å². The summed E-state index contributed by atoms with van der Waals surface area (Å²) >= 11 is 5.97. The van der Waals surface area contributed by atoms with Gasteiger partial charge >= 0.3 is 24.0 Å². The fraction of sp³-hybridized carbons (Fsp3) is 0.261. The number of aromatic nitrogens is 2. The van der Waals surface area contributed by atoms with Crippen LogP contribution in [0.1, 0.15) is 36.0 Å². The van der Waals surface area contributed by atoms with Crippen LogP contribution in [0.4, 0.5) is 18.9 Å². The van der Waals surface area contributed by atoms with Crippen molar-refractivity contribution < 1.29 is 41.4 Å². The number of rotatable bonds is 8. The number of amides is 1. The maximum absolute atomic E-state index is 13.0. The fourth-order valence-corrected chi connectivity index (χ4v) is 3.24. The van der Waals surface area contributed by atoms with Crippen LogP contribution in [0.15, 0.2) is 46.9 Å². The smallest absolute Gasteiger partial charge is 0.469 e. The third-order valence-corrected chi connectivity index (χ3v) is 4.98. The monoisotopic (exact) mass is 525 g/mol. The van der Waals surface area contributed by atoms with E-state index in [9.17, 15) is 27.6 Å². The average Bonchev–Trinajstić information content (AvgIpc) is 3.31. The predicted octanol–water partition coefficient (Wildman–Crippen LogP) is 5.16. The number of hydrogen-bond donors (Lipinski definition) is 1. The summed E-state index contributed by atoms with van der Waals surface area (Å²) in [7, 11) is 1.24. The Labute approximate surface area is 207 Å². The molecule has 13 heteroatoms. The molecule has 0 spiro atoms. The lowest BCUT2D eigenvalue weighted by molar-refractivity contribution is -0.157. The standard InChI is InChI=1S/C23H19ClF3N3O6/c1-12(9-18(31)34-2)10-19(32)35-17-6-4-3-5-14(17)20(33)28-16-8-7-13(24)11-15(16)21-29-30-22(36-21)23(25,26)27/h3-8,11-12H,9-10H2,1-2H3,(H,28,33). The number of methoxy groups -OCH3 is 1. The number of carbonyl (C=O) groups excluding carboxylic acids is 3. The van der Waals surface area contributed by atoms with Crippen molar-refractivity contribution in [2.45, 2.75) is 25.9 Å². The van der Waals surface area contributed by atoms with Crippen molar-refractivity contribution in [3.8, 4) is 17.2 Å². The van der Waals surface area contributed by atoms with Gasteiger partial charge in [-0.15, -0.1) is 10.2 Å². The average molecular weight is 526 g/mol. The second-order valence-electron chi connectivity index (χ2n) is 7.61. The molecule has 0 aliphatic carbocycles. The van der Waals surface area contributed by atoms with Gasteiger partial charge in [-0.05, 0) is 36.2 Å². The van der Waals surface area contributed by atoms with Crippen LogP contribution >= 0.6 is 11.6 Å². The van der Waals surface area contributed by atoms with E-state index < -0.39 is 35.8 Å². The molecule has 0 saturated heterocycles. The lowest BCUT2D eigenvalue weighted by atomic mass is 10.0. The van der Waals surface area contributed by atoms with E-state index in [1.807, 2.05) is 0 Å². The number of ether oxygens (including phenoxy) is 2. The molecular weight excluding hydrogens is 507 g/mol. The van der Waals surface area contributed by atoms with Gasteiger partial charge in [-0.2, -0.15) is 13.2 Å². The van der Waals surface area contributed by atoms with Gasteiger partial charge in [0, 0.05) is 17.9 Å². The lowest BCUT2D eigenvalue weighted by Gasteiger charge is -2.13. The Morgan fingerprint density at radius 3 is 2.44 bits per heavy atom. The Bertz CT molecular complexity index is 1280. The zero-order valence-electron chi connectivity index (χ0n) is 18.9. The van der Waals surface area contributed by atoms with Gasteiger partial charge in [0.1, 0.15) is 5.75 Å². The van der Waals surface area contributed by atoms with Crippen molar-refractivity contribution in [1.82, 2.24) is 10.2 Å². The van der Waals surface area contributed by atoms with Crippen LogP contribution in [0.5, 0.6) is 5.75 Å². The number of alkyl halides is 3. The first-order valence-electron chi connectivity index (χ1n) is 10.4. The molecule has 3 aromatic rings. The summed E-state index contributed by atoms with van der Waals surface area (Å²) in [4.78, 5) is 36.7. The minimum absolute atomic E-state index is 0.0127. The number of esters is 2. The molecule has 1 atom stereocenters. The number of halogens is 4. The van der Waals surface area contributed by atoms with Crippen molar-refractivity contribution >= 4 is 35.1 Å². The topological polar surface area (TPSA) is 121 Å². The SMILES string of the molecule is COC(=O)CC(C)CC(=O)Oc1ccccc1C(=O)Nc1ccc(Cl)cc1-c1nnc(C(F)(F)F)o1. The molecule has 1 amide bonds. The molecule has 1 aromatic heterocycles. The molecule has 2 aromatic carbocycles. The molecule has 1 N–H and O–H groups in total. The second kappa shape index (κ2) is 11.2. The van der Waals surface area contributed by atoms with Crippen LogP contribution in [-0.4, -0.2) is 35.2 Å². The molecule has 9 nitrogen and oxygen atoms in total. The normalized spacial score (nSPS) is 12.1. The van der Waals surface area contributed by atoms with Gasteiger partial charge in [-0.25, -0.2) is 0 Å². The summed E-state index contributed by atoms with van der Waals surface area (Å²) in [6.45, 7) is 1.67. The maximum atomic E-state index is 13.0. The van der Waals surface area contributed by atoms with Crippen molar-refractivity contribution in [3.05, 3.63) is 58.9 Å². The number of anilines is 1. The first-order chi connectivity index (χ1) is 17.0. The van der Waals surface area contributed by atoms with Crippen LogP contribution in [0.2, 0.25) is 5.02 Å². The maximum Gasteiger partial charge on any atom is 0.470 e. The lowest BCUT2D eigenvalue weighted by Crippen LogP contribution is -2.18. The molecule has 0 bridgehead atoms. The van der Waals surface area contributed by atoms with Crippen molar-refractivity contribution in [1.29, 1.82) is 0 Å². The second-order valence-corrected chi connectivity index (χ2v) is 8.05. The van der Waals surface area contributed by atoms with Crippen molar-refractivity contribution in [2.75, 3.05) is 12.4 Å². The Balaban J connectivity index is 1.81. The molecule has 0 fully saturated rings. The number of para-hydroxylation sites is 1. The molecule has 0 aliphatic heterocycles. The number of benzene rings is 2. The minimum atomic E-state index is -4.86. The molecule has 36 heavy (non-hydrogen) atoms. The largest absolute Gasteiger partial charge is 0.470 e. The first-order valence-corrected chi connectivity index (χ1v) is 10.7. The van der Waals surface area contributed by atoms with Gasteiger partial charge in [-0.1, -0.05) is 30.7 Å². The summed E-state index contributed by atoms with van der Waals surface area (Å²) in [5, 5.41) is 9.05. The molecule has 1 heterocycles.